The van der Waals surface area contributed by atoms with Crippen molar-refractivity contribution in [2.75, 3.05) is 32.9 Å². The number of carbonyl (C=O) groups is 1. The maximum atomic E-state index is 12.6. The van der Waals surface area contributed by atoms with Gasteiger partial charge < -0.3 is 39.6 Å². The minimum Gasteiger partial charge on any atom is -0.441 e. The monoisotopic (exact) mass is 674 g/mol. The Morgan fingerprint density at radius 1 is 1.04 bits per heavy atom. The van der Waals surface area contributed by atoms with Crippen LogP contribution in [-0.4, -0.2) is 103 Å². The average Bonchev–Trinajstić information content (AvgIpc) is 3.61. The molecule has 0 aromatic rings. The van der Waals surface area contributed by atoms with Gasteiger partial charge in [-0.1, -0.05) is 34.6 Å². The zero-order valence-corrected chi connectivity index (χ0v) is 30.4. The third kappa shape index (κ3) is 4.51. The molecular weight excluding hydrogens is 612 g/mol. The van der Waals surface area contributed by atoms with E-state index in [2.05, 4.69) is 39.5 Å². The first-order valence-electron chi connectivity index (χ1n) is 19.1. The van der Waals surface area contributed by atoms with Crippen LogP contribution in [0.25, 0.3) is 0 Å². The smallest absolute Gasteiger partial charge is 0.404 e. The van der Waals surface area contributed by atoms with E-state index in [1.807, 2.05) is 0 Å². The van der Waals surface area contributed by atoms with Crippen LogP contribution in [0.2, 0.25) is 0 Å². The molecule has 3 saturated heterocycles. The van der Waals surface area contributed by atoms with E-state index in [1.165, 1.54) is 19.3 Å². The van der Waals surface area contributed by atoms with Gasteiger partial charge in [-0.3, -0.25) is 4.90 Å². The fourth-order valence-electron chi connectivity index (χ4n) is 14.2. The number of aliphatic hydroxyl groups excluding tert-OH is 1. The van der Waals surface area contributed by atoms with Crippen molar-refractivity contribution in [1.82, 2.24) is 4.90 Å². The molecule has 5 aliphatic carbocycles. The summed E-state index contributed by atoms with van der Waals surface area (Å²) in [5, 5.41) is 23.5. The molecule has 0 aromatic carbocycles. The zero-order valence-electron chi connectivity index (χ0n) is 30.4. The van der Waals surface area contributed by atoms with Gasteiger partial charge in [0, 0.05) is 12.0 Å². The van der Waals surface area contributed by atoms with Gasteiger partial charge in [-0.05, 0) is 111 Å². The Bertz CT molecular complexity index is 1290. The summed E-state index contributed by atoms with van der Waals surface area (Å²) >= 11 is 0. The highest BCUT2D eigenvalue weighted by Crippen LogP contribution is 2.89. The summed E-state index contributed by atoms with van der Waals surface area (Å²) in [4.78, 5) is 14.4. The number of amides is 1. The van der Waals surface area contributed by atoms with E-state index in [0.717, 1.165) is 52.0 Å². The minimum atomic E-state index is -1.33. The lowest BCUT2D eigenvalue weighted by atomic mass is 9.41. The molecule has 272 valence electrons. The Morgan fingerprint density at radius 3 is 2.42 bits per heavy atom. The van der Waals surface area contributed by atoms with E-state index >= 15 is 0 Å². The highest BCUT2D eigenvalue weighted by atomic mass is 16.7. The van der Waals surface area contributed by atoms with Crippen molar-refractivity contribution in [2.45, 2.75) is 148 Å². The molecule has 2 spiro atoms. The molecule has 0 bridgehead atoms. The van der Waals surface area contributed by atoms with E-state index in [9.17, 15) is 15.0 Å². The van der Waals surface area contributed by atoms with Gasteiger partial charge >= 0.3 is 6.09 Å². The summed E-state index contributed by atoms with van der Waals surface area (Å²) in [6.07, 6.45) is 5.39. The number of carbonyl (C=O) groups excluding carboxylic acids is 1. The van der Waals surface area contributed by atoms with Crippen molar-refractivity contribution in [3.63, 3.8) is 0 Å². The van der Waals surface area contributed by atoms with Gasteiger partial charge in [0.15, 0.2) is 12.4 Å². The summed E-state index contributed by atoms with van der Waals surface area (Å²) in [5.41, 5.74) is 4.34. The number of nitrogens with zero attached hydrogens (tertiary/aromatic N) is 1. The molecule has 1 amide bonds. The molecule has 10 nitrogen and oxygen atoms in total. The van der Waals surface area contributed by atoms with Crippen molar-refractivity contribution < 1.29 is 38.7 Å². The maximum absolute atomic E-state index is 12.6. The molecular formula is C38H62N2O8. The Morgan fingerprint density at radius 2 is 1.75 bits per heavy atom. The van der Waals surface area contributed by atoms with Crippen molar-refractivity contribution in [1.29, 1.82) is 0 Å². The number of rotatable bonds is 6. The van der Waals surface area contributed by atoms with Crippen LogP contribution in [0.3, 0.4) is 0 Å². The Labute approximate surface area is 287 Å². The molecule has 5 saturated carbocycles. The van der Waals surface area contributed by atoms with Gasteiger partial charge in [0.05, 0.1) is 62.4 Å². The average molecular weight is 675 g/mol. The van der Waals surface area contributed by atoms with Crippen LogP contribution in [0, 0.1) is 50.7 Å². The first kappa shape index (κ1) is 34.1. The number of hydrogen-bond donors (Lipinski definition) is 3. The van der Waals surface area contributed by atoms with Crippen LogP contribution < -0.4 is 5.73 Å². The zero-order chi connectivity index (χ0) is 34.2. The third-order valence-electron chi connectivity index (χ3n) is 16.6. The van der Waals surface area contributed by atoms with Gasteiger partial charge in [0.2, 0.25) is 0 Å². The molecule has 8 fully saturated rings. The van der Waals surface area contributed by atoms with Crippen molar-refractivity contribution in [2.24, 2.45) is 56.5 Å². The summed E-state index contributed by atoms with van der Waals surface area (Å²) in [6, 6.07) is 0.503. The molecule has 48 heavy (non-hydrogen) atoms. The number of aliphatic hydroxyl groups is 2. The molecule has 4 N–H and O–H groups in total. The molecule has 5 unspecified atom stereocenters. The minimum absolute atomic E-state index is 0.0409. The van der Waals surface area contributed by atoms with E-state index in [1.54, 1.807) is 13.8 Å². The fourth-order valence-corrected chi connectivity index (χ4v) is 14.2. The van der Waals surface area contributed by atoms with E-state index in [0.29, 0.717) is 36.3 Å². The van der Waals surface area contributed by atoms with Crippen molar-refractivity contribution in [3.8, 4) is 0 Å². The molecule has 0 aromatic heterocycles. The fraction of sp³-hybridized carbons (Fsp3) is 0.974. The van der Waals surface area contributed by atoms with Crippen LogP contribution in [0.1, 0.15) is 99.8 Å². The van der Waals surface area contributed by atoms with Crippen LogP contribution in [0.4, 0.5) is 4.79 Å². The summed E-state index contributed by atoms with van der Waals surface area (Å²) < 4.78 is 30.8. The summed E-state index contributed by atoms with van der Waals surface area (Å²) in [5.74, 6) is 1.44. The van der Waals surface area contributed by atoms with E-state index in [4.69, 9.17) is 29.4 Å². The van der Waals surface area contributed by atoms with Gasteiger partial charge in [0.1, 0.15) is 0 Å². The molecule has 8 aliphatic rings. The Balaban J connectivity index is 1.03. The standard InChI is InChI=1S/C38H62N2O8/c1-21-16-23(31(34(4,5)43)48-32(39)42)46-29-28(21)35(6)12-13-38-20-37(38)11-10-26(47-27-17-40(14-15-45-27)22-18-44-19-22)33(2,3)24(37)8-9-25(38)36(35,7)30(29)41/h21-31,41,43H,8-20H2,1-7H3,(H2,39,42)/t21-,23-,24+,25?,26?,27+,28+,29+,30+,31+,35?,36-,37?,38?/m1/s1. The number of primary amides is 1. The number of hydrogen-bond acceptors (Lipinski definition) is 9. The predicted molar refractivity (Wildman–Crippen MR) is 178 cm³/mol. The normalized spacial score (nSPS) is 52.1. The van der Waals surface area contributed by atoms with Gasteiger partial charge in [-0.15, -0.1) is 0 Å². The number of morpholine rings is 1. The topological polar surface area (TPSA) is 133 Å². The number of nitrogens with two attached hydrogens (primary N) is 1. The van der Waals surface area contributed by atoms with Gasteiger partial charge in [0.25, 0.3) is 0 Å². The van der Waals surface area contributed by atoms with Gasteiger partial charge in [-0.2, -0.15) is 0 Å². The predicted octanol–water partition coefficient (Wildman–Crippen LogP) is 4.48. The lowest BCUT2D eigenvalue weighted by Crippen LogP contribution is -2.60. The van der Waals surface area contributed by atoms with E-state index < -0.39 is 30.0 Å². The molecule has 3 heterocycles. The highest BCUT2D eigenvalue weighted by molar-refractivity contribution is 5.65. The first-order chi connectivity index (χ1) is 22.5. The molecule has 8 rings (SSSR count). The van der Waals surface area contributed by atoms with Crippen molar-refractivity contribution >= 4 is 6.09 Å². The third-order valence-corrected chi connectivity index (χ3v) is 16.6. The SMILES string of the molecule is C[C@@H]1C[C@H]([C@H](OC(N)=O)C(C)(C)O)O[C@H]2[C@H]1C1(C)CCC34CC35CCC(O[C@H]3CN(C6COC6)CCO3)C(C)(C)[C@@H]5CCC4[C@]1(C)[C@H]2O. The highest BCUT2D eigenvalue weighted by Gasteiger charge is 2.84. The molecule has 3 aliphatic heterocycles. The summed E-state index contributed by atoms with van der Waals surface area (Å²) in [7, 11) is 0. The molecule has 10 heteroatoms. The molecule has 14 atom stereocenters. The first-order valence-corrected chi connectivity index (χ1v) is 19.1. The quantitative estimate of drug-likeness (QED) is 0.373. The van der Waals surface area contributed by atoms with Crippen LogP contribution >= 0.6 is 0 Å². The number of fused-ring (bicyclic) bond motifs is 4. The van der Waals surface area contributed by atoms with Crippen LogP contribution in [-0.2, 0) is 23.7 Å². The maximum Gasteiger partial charge on any atom is 0.404 e. The Kier molecular flexibility index (Phi) is 7.81. The van der Waals surface area contributed by atoms with Crippen LogP contribution in [0.5, 0.6) is 0 Å². The second kappa shape index (κ2) is 11.0. The summed E-state index contributed by atoms with van der Waals surface area (Å²) in [6.45, 7) is 19.4. The number of ether oxygens (including phenoxy) is 5. The molecule has 0 radical (unpaired) electrons. The van der Waals surface area contributed by atoms with Crippen molar-refractivity contribution in [3.05, 3.63) is 0 Å². The second-order valence-corrected chi connectivity index (χ2v) is 19.2. The van der Waals surface area contributed by atoms with E-state index in [-0.39, 0.29) is 52.0 Å². The van der Waals surface area contributed by atoms with Gasteiger partial charge in [-0.25, -0.2) is 4.79 Å². The lowest BCUT2D eigenvalue weighted by molar-refractivity contribution is -0.256. The largest absolute Gasteiger partial charge is 0.441 e. The lowest BCUT2D eigenvalue weighted by Gasteiger charge is -2.64. The van der Waals surface area contributed by atoms with Crippen LogP contribution in [0.15, 0.2) is 0 Å². The second-order valence-electron chi connectivity index (χ2n) is 19.2. The Hall–Kier alpha value is -1.01.